The maximum Gasteiger partial charge on any atom is 0.253 e. The highest BCUT2D eigenvalue weighted by Gasteiger charge is 2.42. The van der Waals surface area contributed by atoms with Gasteiger partial charge in [-0.3, -0.25) is 4.79 Å². The zero-order valence-electron chi connectivity index (χ0n) is 12.2. The normalized spacial score (nSPS) is 25.7. The summed E-state index contributed by atoms with van der Waals surface area (Å²) in [6, 6.07) is 5.87. The van der Waals surface area contributed by atoms with Crippen LogP contribution in [0.3, 0.4) is 0 Å². The molecule has 2 atom stereocenters. The van der Waals surface area contributed by atoms with Crippen molar-refractivity contribution in [2.24, 2.45) is 24.6 Å². The number of hydrogen-bond acceptors (Lipinski definition) is 3. The van der Waals surface area contributed by atoms with Crippen LogP contribution in [0.25, 0.3) is 11.0 Å². The number of rotatable bonds is 2. The molecule has 0 spiro atoms. The Morgan fingerprint density at radius 1 is 1.33 bits per heavy atom. The van der Waals surface area contributed by atoms with Crippen molar-refractivity contribution in [3.05, 3.63) is 30.1 Å². The van der Waals surface area contributed by atoms with Crippen LogP contribution in [0.4, 0.5) is 0 Å². The first-order valence-electron chi connectivity index (χ1n) is 7.59. The van der Waals surface area contributed by atoms with Gasteiger partial charge in [0.05, 0.1) is 17.4 Å². The van der Waals surface area contributed by atoms with Crippen molar-refractivity contribution in [3.8, 4) is 0 Å². The summed E-state index contributed by atoms with van der Waals surface area (Å²) in [5.74, 6) is 1.32. The Kier molecular flexibility index (Phi) is 2.79. The maximum atomic E-state index is 12.7. The summed E-state index contributed by atoms with van der Waals surface area (Å²) in [5, 5.41) is 0. The van der Waals surface area contributed by atoms with Crippen LogP contribution in [0.1, 0.15) is 23.2 Å². The number of nitrogens with two attached hydrogens (primary N) is 1. The molecule has 21 heavy (non-hydrogen) atoms. The molecule has 5 nitrogen and oxygen atoms in total. The van der Waals surface area contributed by atoms with Crippen LogP contribution in [0.5, 0.6) is 0 Å². The van der Waals surface area contributed by atoms with E-state index in [1.54, 1.807) is 6.33 Å². The maximum absolute atomic E-state index is 12.7. The molecule has 0 unspecified atom stereocenters. The van der Waals surface area contributed by atoms with E-state index in [2.05, 4.69) is 4.98 Å². The molecular weight excluding hydrogens is 264 g/mol. The molecule has 2 aliphatic rings. The van der Waals surface area contributed by atoms with Crippen molar-refractivity contribution >= 4 is 16.9 Å². The molecule has 1 aliphatic carbocycles. The fourth-order valence-electron chi connectivity index (χ4n) is 3.49. The second-order valence-corrected chi connectivity index (χ2v) is 6.43. The lowest BCUT2D eigenvalue weighted by atomic mass is 9.99. The highest BCUT2D eigenvalue weighted by Crippen LogP contribution is 2.41. The summed E-state index contributed by atoms with van der Waals surface area (Å²) in [6.45, 7) is 1.49. The molecule has 0 radical (unpaired) electrons. The molecular formula is C16H20N4O. The average Bonchev–Trinajstić information content (AvgIpc) is 3.16. The Labute approximate surface area is 123 Å². The first kappa shape index (κ1) is 12.8. The SMILES string of the molecule is Cn1cnc2cc(C(=O)N3C[C@H](C4CC4)[C@@H](N)C3)ccc21. The van der Waals surface area contributed by atoms with Crippen molar-refractivity contribution in [3.63, 3.8) is 0 Å². The lowest BCUT2D eigenvalue weighted by Gasteiger charge is -2.16. The monoisotopic (exact) mass is 284 g/mol. The number of benzene rings is 1. The van der Waals surface area contributed by atoms with E-state index in [1.165, 1.54) is 12.8 Å². The molecule has 5 heteroatoms. The molecule has 110 valence electrons. The molecule has 2 fully saturated rings. The van der Waals surface area contributed by atoms with Gasteiger partial charge in [-0.1, -0.05) is 0 Å². The zero-order valence-corrected chi connectivity index (χ0v) is 12.2. The van der Waals surface area contributed by atoms with Crippen molar-refractivity contribution in [2.45, 2.75) is 18.9 Å². The van der Waals surface area contributed by atoms with Crippen molar-refractivity contribution in [1.29, 1.82) is 0 Å². The molecule has 2 aromatic rings. The number of amides is 1. The fraction of sp³-hybridized carbons (Fsp3) is 0.500. The highest BCUT2D eigenvalue weighted by molar-refractivity contribution is 5.97. The van der Waals surface area contributed by atoms with Crippen LogP contribution in [-0.2, 0) is 7.05 Å². The van der Waals surface area contributed by atoms with E-state index < -0.39 is 0 Å². The van der Waals surface area contributed by atoms with Gasteiger partial charge in [-0.05, 0) is 42.9 Å². The van der Waals surface area contributed by atoms with Crippen molar-refractivity contribution < 1.29 is 4.79 Å². The second kappa shape index (κ2) is 4.56. The van der Waals surface area contributed by atoms with E-state index in [0.717, 1.165) is 23.5 Å². The summed E-state index contributed by atoms with van der Waals surface area (Å²) >= 11 is 0. The summed E-state index contributed by atoms with van der Waals surface area (Å²) < 4.78 is 1.96. The molecule has 1 saturated heterocycles. The Bertz CT molecular complexity index is 703. The van der Waals surface area contributed by atoms with Gasteiger partial charge in [-0.15, -0.1) is 0 Å². The number of aryl methyl sites for hydroxylation is 1. The number of hydrogen-bond donors (Lipinski definition) is 1. The first-order chi connectivity index (χ1) is 10.1. The Morgan fingerprint density at radius 3 is 2.90 bits per heavy atom. The van der Waals surface area contributed by atoms with E-state index >= 15 is 0 Å². The van der Waals surface area contributed by atoms with Crippen molar-refractivity contribution in [1.82, 2.24) is 14.5 Å². The van der Waals surface area contributed by atoms with Gasteiger partial charge in [0, 0.05) is 31.7 Å². The van der Waals surface area contributed by atoms with Crippen LogP contribution in [-0.4, -0.2) is 39.5 Å². The molecule has 4 rings (SSSR count). The number of carbonyl (C=O) groups excluding carboxylic acids is 1. The Balaban J connectivity index is 1.58. The number of nitrogens with zero attached hydrogens (tertiary/aromatic N) is 3. The molecule has 2 heterocycles. The third kappa shape index (κ3) is 2.12. The minimum Gasteiger partial charge on any atom is -0.337 e. The van der Waals surface area contributed by atoms with Crippen LogP contribution in [0.2, 0.25) is 0 Å². The lowest BCUT2D eigenvalue weighted by Crippen LogP contribution is -2.32. The van der Waals surface area contributed by atoms with Crippen LogP contribution in [0, 0.1) is 11.8 Å². The van der Waals surface area contributed by atoms with E-state index in [0.29, 0.717) is 18.0 Å². The first-order valence-corrected chi connectivity index (χ1v) is 7.59. The van der Waals surface area contributed by atoms with Crippen molar-refractivity contribution in [2.75, 3.05) is 13.1 Å². The van der Waals surface area contributed by atoms with Gasteiger partial charge in [0.2, 0.25) is 0 Å². The molecule has 1 aromatic carbocycles. The quantitative estimate of drug-likeness (QED) is 0.906. The van der Waals surface area contributed by atoms with Gasteiger partial charge in [0.15, 0.2) is 0 Å². The number of imidazole rings is 1. The predicted molar refractivity (Wildman–Crippen MR) is 80.8 cm³/mol. The summed E-state index contributed by atoms with van der Waals surface area (Å²) in [4.78, 5) is 18.9. The highest BCUT2D eigenvalue weighted by atomic mass is 16.2. The summed E-state index contributed by atoms with van der Waals surface area (Å²) in [6.07, 6.45) is 4.33. The average molecular weight is 284 g/mol. The van der Waals surface area contributed by atoms with Gasteiger partial charge >= 0.3 is 0 Å². The summed E-state index contributed by atoms with van der Waals surface area (Å²) in [7, 11) is 1.95. The van der Waals surface area contributed by atoms with Gasteiger partial charge < -0.3 is 15.2 Å². The standard InChI is InChI=1S/C16H20N4O/c1-19-9-18-14-6-11(4-5-15(14)19)16(21)20-7-12(10-2-3-10)13(17)8-20/h4-6,9-10,12-13H,2-3,7-8,17H2,1H3/t12-,13+/m1/s1. The molecule has 1 amide bonds. The molecule has 1 aliphatic heterocycles. The van der Waals surface area contributed by atoms with E-state index in [-0.39, 0.29) is 11.9 Å². The van der Waals surface area contributed by atoms with E-state index in [1.807, 2.05) is 34.7 Å². The van der Waals surface area contributed by atoms with E-state index in [9.17, 15) is 4.79 Å². The number of fused-ring (bicyclic) bond motifs is 1. The third-order valence-corrected chi connectivity index (χ3v) is 4.90. The smallest absolute Gasteiger partial charge is 0.253 e. The number of aromatic nitrogens is 2. The fourth-order valence-corrected chi connectivity index (χ4v) is 3.49. The topological polar surface area (TPSA) is 64.2 Å². The Morgan fingerprint density at radius 2 is 2.14 bits per heavy atom. The molecule has 1 saturated carbocycles. The minimum absolute atomic E-state index is 0.0844. The van der Waals surface area contributed by atoms with Crippen LogP contribution in [0.15, 0.2) is 24.5 Å². The van der Waals surface area contributed by atoms with Gasteiger partial charge in [0.1, 0.15) is 0 Å². The number of carbonyl (C=O) groups is 1. The summed E-state index contributed by atoms with van der Waals surface area (Å²) in [5.41, 5.74) is 8.83. The van der Waals surface area contributed by atoms with Crippen LogP contribution < -0.4 is 5.73 Å². The third-order valence-electron chi connectivity index (χ3n) is 4.90. The number of likely N-dealkylation sites (tertiary alicyclic amines) is 1. The van der Waals surface area contributed by atoms with Gasteiger partial charge in [0.25, 0.3) is 5.91 Å². The largest absolute Gasteiger partial charge is 0.337 e. The second-order valence-electron chi connectivity index (χ2n) is 6.43. The van der Waals surface area contributed by atoms with Gasteiger partial charge in [-0.2, -0.15) is 0 Å². The molecule has 1 aromatic heterocycles. The zero-order chi connectivity index (χ0) is 14.6. The van der Waals surface area contributed by atoms with Crippen LogP contribution >= 0.6 is 0 Å². The lowest BCUT2D eigenvalue weighted by molar-refractivity contribution is 0.0785. The molecule has 0 bridgehead atoms. The minimum atomic E-state index is 0.0844. The van der Waals surface area contributed by atoms with E-state index in [4.69, 9.17) is 5.73 Å². The van der Waals surface area contributed by atoms with Gasteiger partial charge in [-0.25, -0.2) is 4.98 Å². The Hall–Kier alpha value is -1.88. The predicted octanol–water partition coefficient (Wildman–Crippen LogP) is 1.38. The molecule has 2 N–H and O–H groups in total.